The molecule has 2 unspecified atom stereocenters. The van der Waals surface area contributed by atoms with Gasteiger partial charge in [-0.05, 0) is 65.9 Å². The molecule has 3 aromatic rings. The van der Waals surface area contributed by atoms with Crippen LogP contribution in [0.4, 0.5) is 0 Å². The van der Waals surface area contributed by atoms with Crippen molar-refractivity contribution in [2.75, 3.05) is 26.7 Å². The van der Waals surface area contributed by atoms with E-state index in [0.717, 1.165) is 29.0 Å². The molecule has 0 saturated carbocycles. The molecular weight excluding hydrogens is 527 g/mol. The Hall–Kier alpha value is -2.57. The van der Waals surface area contributed by atoms with Crippen molar-refractivity contribution in [3.05, 3.63) is 99.5 Å². The number of rotatable bonds is 7. The number of aliphatic hydroxyl groups is 1. The maximum Gasteiger partial charge on any atom is 0.227 e. The Balaban J connectivity index is 0.000000319. The van der Waals surface area contributed by atoms with Crippen molar-refractivity contribution in [3.8, 4) is 6.07 Å². The number of aliphatic hydroxyl groups excluding tert-OH is 1. The molecule has 6 nitrogen and oxygen atoms in total. The summed E-state index contributed by atoms with van der Waals surface area (Å²) >= 11 is 13.2. The summed E-state index contributed by atoms with van der Waals surface area (Å²) in [6.07, 6.45) is 0.764. The molecule has 3 N–H and O–H groups in total. The number of carbonyl (C=O) groups excluding carboxylic acids is 1. The number of nitriles is 1. The fourth-order valence-corrected chi connectivity index (χ4v) is 4.69. The van der Waals surface area contributed by atoms with Gasteiger partial charge in [-0.25, -0.2) is 0 Å². The van der Waals surface area contributed by atoms with Crippen LogP contribution < -0.4 is 5.14 Å². The van der Waals surface area contributed by atoms with Crippen LogP contribution in [0.1, 0.15) is 29.2 Å². The quantitative estimate of drug-likeness (QED) is 0.382. The second kappa shape index (κ2) is 14.4. The number of likely N-dealkylation sites (N-methyl/N-ethyl adjacent to an activating group) is 1. The van der Waals surface area contributed by atoms with Crippen molar-refractivity contribution >= 4 is 41.1 Å². The number of likely N-dealkylation sites (tertiary alicyclic amines) is 1. The lowest BCUT2D eigenvalue weighted by Gasteiger charge is -2.32. The molecule has 0 radical (unpaired) electrons. The summed E-state index contributed by atoms with van der Waals surface area (Å²) in [6, 6.07) is 24.4. The predicted molar refractivity (Wildman–Crippen MR) is 150 cm³/mol. The average molecular weight is 558 g/mol. The lowest BCUT2D eigenvalue weighted by molar-refractivity contribution is -0.131. The molecule has 1 heterocycles. The van der Waals surface area contributed by atoms with Crippen LogP contribution in [-0.4, -0.2) is 53.6 Å². The van der Waals surface area contributed by atoms with Crippen molar-refractivity contribution in [1.82, 2.24) is 9.80 Å². The SMILES string of the molecule is CN(C(=O)Cc1ccc(Cl)c(Cl)c1)C(CN1CCC(O)C1)c1ccccc1.N#Cc1ccc(SN)cc1. The average Bonchev–Trinajstić information content (AvgIpc) is 3.34. The normalized spacial score (nSPS) is 15.8. The van der Waals surface area contributed by atoms with Crippen molar-refractivity contribution in [2.24, 2.45) is 5.14 Å². The fourth-order valence-electron chi connectivity index (χ4n) is 4.08. The molecule has 1 aliphatic rings. The third-order valence-electron chi connectivity index (χ3n) is 6.18. The molecule has 1 amide bonds. The molecule has 1 saturated heterocycles. The highest BCUT2D eigenvalue weighted by molar-refractivity contribution is 7.97. The minimum absolute atomic E-state index is 0.0157. The monoisotopic (exact) mass is 556 g/mol. The van der Waals surface area contributed by atoms with Crippen LogP contribution >= 0.6 is 35.1 Å². The second-order valence-corrected chi connectivity index (χ2v) is 10.3. The molecule has 2 atom stereocenters. The number of carbonyl (C=O) groups is 1. The van der Waals surface area contributed by atoms with Gasteiger partial charge in [0.2, 0.25) is 5.91 Å². The number of nitrogens with two attached hydrogens (primary N) is 1. The highest BCUT2D eigenvalue weighted by atomic mass is 35.5. The maximum absolute atomic E-state index is 12.9. The zero-order valence-corrected chi connectivity index (χ0v) is 22.9. The van der Waals surface area contributed by atoms with Crippen LogP contribution in [0, 0.1) is 11.3 Å². The van der Waals surface area contributed by atoms with E-state index in [1.807, 2.05) is 61.6 Å². The second-order valence-electron chi connectivity index (χ2n) is 8.81. The van der Waals surface area contributed by atoms with Crippen LogP contribution in [-0.2, 0) is 11.2 Å². The molecule has 0 spiro atoms. The smallest absolute Gasteiger partial charge is 0.227 e. The molecule has 37 heavy (non-hydrogen) atoms. The fraction of sp³-hybridized carbons (Fsp3) is 0.286. The van der Waals surface area contributed by atoms with Crippen molar-refractivity contribution in [3.63, 3.8) is 0 Å². The van der Waals surface area contributed by atoms with Crippen molar-refractivity contribution in [2.45, 2.75) is 29.9 Å². The largest absolute Gasteiger partial charge is 0.392 e. The topological polar surface area (TPSA) is 93.6 Å². The Morgan fingerprint density at radius 2 is 1.86 bits per heavy atom. The third-order valence-corrected chi connectivity index (χ3v) is 7.47. The summed E-state index contributed by atoms with van der Waals surface area (Å²) in [6.45, 7) is 2.20. The molecule has 1 fully saturated rings. The first kappa shape index (κ1) is 29.0. The van der Waals surface area contributed by atoms with E-state index in [1.165, 1.54) is 11.9 Å². The number of nitrogens with zero attached hydrogens (tertiary/aromatic N) is 3. The van der Waals surface area contributed by atoms with Crippen LogP contribution in [0.2, 0.25) is 10.0 Å². The first-order valence-electron chi connectivity index (χ1n) is 11.8. The Morgan fingerprint density at radius 1 is 1.16 bits per heavy atom. The zero-order chi connectivity index (χ0) is 26.8. The van der Waals surface area contributed by atoms with Gasteiger partial charge < -0.3 is 10.0 Å². The molecule has 1 aliphatic heterocycles. The van der Waals surface area contributed by atoms with E-state index >= 15 is 0 Å². The number of halogens is 2. The van der Waals surface area contributed by atoms with E-state index in [1.54, 1.807) is 29.2 Å². The van der Waals surface area contributed by atoms with Gasteiger partial charge in [0.05, 0.1) is 40.2 Å². The summed E-state index contributed by atoms with van der Waals surface area (Å²) in [4.78, 5) is 17.9. The van der Waals surface area contributed by atoms with E-state index in [9.17, 15) is 9.90 Å². The number of benzene rings is 3. The number of amides is 1. The minimum Gasteiger partial charge on any atom is -0.392 e. The third kappa shape index (κ3) is 8.75. The number of hydrogen-bond donors (Lipinski definition) is 2. The van der Waals surface area contributed by atoms with E-state index in [2.05, 4.69) is 4.90 Å². The highest BCUT2D eigenvalue weighted by Crippen LogP contribution is 2.26. The Labute approximate surface area is 232 Å². The molecule has 3 aromatic carbocycles. The standard InChI is InChI=1S/C21H24Cl2N2O2.C7H6N2S/c1-24(21(27)12-15-7-8-18(22)19(23)11-15)20(16-5-3-2-4-6-16)14-25-10-9-17(26)13-25;8-5-6-1-3-7(10-9)4-2-6/h2-8,11,17,20,26H,9-10,12-14H2,1H3;1-4H,9H2. The Bertz CT molecular complexity index is 1210. The van der Waals surface area contributed by atoms with Gasteiger partial charge in [-0.2, -0.15) is 5.26 Å². The first-order valence-corrected chi connectivity index (χ1v) is 13.5. The molecule has 0 aromatic heterocycles. The first-order chi connectivity index (χ1) is 17.8. The lowest BCUT2D eigenvalue weighted by Crippen LogP contribution is -2.39. The summed E-state index contributed by atoms with van der Waals surface area (Å²) in [5, 5.41) is 24.5. The molecular formula is C28H30Cl2N4O2S. The van der Waals surface area contributed by atoms with Crippen molar-refractivity contribution < 1.29 is 9.90 Å². The van der Waals surface area contributed by atoms with E-state index in [4.69, 9.17) is 33.6 Å². The summed E-state index contributed by atoms with van der Waals surface area (Å²) in [5.41, 5.74) is 2.59. The van der Waals surface area contributed by atoms with Crippen LogP contribution in [0.15, 0.2) is 77.7 Å². The Kier molecular flexibility index (Phi) is 11.3. The van der Waals surface area contributed by atoms with Gasteiger partial charge in [-0.1, -0.05) is 59.6 Å². The number of hydrogen-bond acceptors (Lipinski definition) is 6. The Morgan fingerprint density at radius 3 is 2.43 bits per heavy atom. The van der Waals surface area contributed by atoms with E-state index < -0.39 is 0 Å². The van der Waals surface area contributed by atoms with Crippen molar-refractivity contribution in [1.29, 1.82) is 5.26 Å². The van der Waals surface area contributed by atoms with Gasteiger partial charge in [0.1, 0.15) is 0 Å². The lowest BCUT2D eigenvalue weighted by atomic mass is 10.0. The van der Waals surface area contributed by atoms with Crippen LogP contribution in [0.25, 0.3) is 0 Å². The van der Waals surface area contributed by atoms with Gasteiger partial charge >= 0.3 is 0 Å². The van der Waals surface area contributed by atoms with Crippen LogP contribution in [0.5, 0.6) is 0 Å². The van der Waals surface area contributed by atoms with Crippen LogP contribution in [0.3, 0.4) is 0 Å². The summed E-state index contributed by atoms with van der Waals surface area (Å²) in [5.74, 6) is 0.0157. The maximum atomic E-state index is 12.9. The van der Waals surface area contributed by atoms with Gasteiger partial charge in [0.25, 0.3) is 0 Å². The molecule has 0 aliphatic carbocycles. The summed E-state index contributed by atoms with van der Waals surface area (Å²) in [7, 11) is 1.84. The van der Waals surface area contributed by atoms with Gasteiger partial charge in [0.15, 0.2) is 0 Å². The number of β-amino-alcohol motifs (C(OH)–C–C–N with tert-alkyl or cyclic N) is 1. The molecule has 194 valence electrons. The molecule has 4 rings (SSSR count). The van der Waals surface area contributed by atoms with E-state index in [0.29, 0.717) is 28.7 Å². The van der Waals surface area contributed by atoms with Gasteiger partial charge in [-0.3, -0.25) is 14.8 Å². The minimum atomic E-state index is -0.279. The highest BCUT2D eigenvalue weighted by Gasteiger charge is 2.28. The molecule has 0 bridgehead atoms. The molecule has 9 heteroatoms. The van der Waals surface area contributed by atoms with Gasteiger partial charge in [0, 0.05) is 31.6 Å². The van der Waals surface area contributed by atoms with E-state index in [-0.39, 0.29) is 24.5 Å². The van der Waals surface area contributed by atoms with Gasteiger partial charge in [-0.15, -0.1) is 0 Å². The predicted octanol–water partition coefficient (Wildman–Crippen LogP) is 5.33. The summed E-state index contributed by atoms with van der Waals surface area (Å²) < 4.78 is 0. The zero-order valence-electron chi connectivity index (χ0n) is 20.6.